The first kappa shape index (κ1) is 11.7. The highest BCUT2D eigenvalue weighted by Gasteiger charge is 2.26. The van der Waals surface area contributed by atoms with E-state index in [1.807, 2.05) is 0 Å². The van der Waals surface area contributed by atoms with Crippen LogP contribution in [0.5, 0.6) is 0 Å². The first-order valence-electron chi connectivity index (χ1n) is 6.07. The van der Waals surface area contributed by atoms with Crippen molar-refractivity contribution in [3.63, 3.8) is 0 Å². The molecule has 1 amide bonds. The molecule has 2 aromatic carbocycles. The van der Waals surface area contributed by atoms with Crippen LogP contribution in [-0.2, 0) is 4.79 Å². The van der Waals surface area contributed by atoms with E-state index >= 15 is 0 Å². The van der Waals surface area contributed by atoms with Crippen LogP contribution in [0.1, 0.15) is 18.4 Å². The minimum absolute atomic E-state index is 0.114. The molecule has 1 atom stereocenters. The molecule has 1 aliphatic heterocycles. The van der Waals surface area contributed by atoms with Crippen molar-refractivity contribution in [3.8, 4) is 11.1 Å². The van der Waals surface area contributed by atoms with Crippen LogP contribution in [0, 0.1) is 5.82 Å². The molecular weight excluding hydrogens is 243 g/mol. The first-order chi connectivity index (χ1) is 9.08. The van der Waals surface area contributed by atoms with Crippen molar-refractivity contribution >= 4 is 17.3 Å². The van der Waals surface area contributed by atoms with Gasteiger partial charge in [-0.2, -0.15) is 0 Å². The molecule has 0 aromatic heterocycles. The summed E-state index contributed by atoms with van der Waals surface area (Å²) in [5, 5.41) is 2.84. The Balaban J connectivity index is 2.39. The molecule has 1 unspecified atom stereocenters. The number of amides is 1. The van der Waals surface area contributed by atoms with E-state index in [0.29, 0.717) is 22.5 Å². The third-order valence-electron chi connectivity index (χ3n) is 3.50. The summed E-state index contributed by atoms with van der Waals surface area (Å²) in [4.78, 5) is 12.1. The molecule has 3 rings (SSSR count). The molecule has 0 saturated heterocycles. The lowest BCUT2D eigenvalue weighted by Crippen LogP contribution is -2.17. The number of nitrogens with two attached hydrogens (primary N) is 1. The number of hydrogen-bond donors (Lipinski definition) is 2. The van der Waals surface area contributed by atoms with Crippen molar-refractivity contribution in [1.82, 2.24) is 0 Å². The summed E-state index contributed by atoms with van der Waals surface area (Å²) in [5.41, 5.74) is 9.30. The third kappa shape index (κ3) is 1.76. The summed E-state index contributed by atoms with van der Waals surface area (Å²) in [5.74, 6) is -0.797. The molecule has 0 spiro atoms. The van der Waals surface area contributed by atoms with Gasteiger partial charge in [0.2, 0.25) is 5.91 Å². The molecule has 4 heteroatoms. The number of rotatable bonds is 0. The van der Waals surface area contributed by atoms with E-state index in [1.54, 1.807) is 31.2 Å². The predicted molar refractivity (Wildman–Crippen MR) is 73.3 cm³/mol. The molecular formula is C15H13FN2O. The number of hydrogen-bond acceptors (Lipinski definition) is 2. The maximum Gasteiger partial charge on any atom is 0.231 e. The Morgan fingerprint density at radius 3 is 2.84 bits per heavy atom. The van der Waals surface area contributed by atoms with E-state index in [2.05, 4.69) is 5.32 Å². The minimum atomic E-state index is -0.345. The maximum atomic E-state index is 13.5. The standard InChI is InChI=1S/C15H13FN2O/c1-8-10-6-5-9(16)7-11(10)14-12(17)3-2-4-13(14)18-15(8)19/h2-8H,17H2,1H3,(H,18,19). The zero-order chi connectivity index (χ0) is 13.6. The third-order valence-corrected chi connectivity index (χ3v) is 3.50. The highest BCUT2D eigenvalue weighted by Crippen LogP contribution is 2.41. The van der Waals surface area contributed by atoms with Gasteiger partial charge in [-0.25, -0.2) is 4.39 Å². The van der Waals surface area contributed by atoms with Crippen molar-refractivity contribution in [3.05, 3.63) is 47.8 Å². The number of fused-ring (bicyclic) bond motifs is 3. The Labute approximate surface area is 110 Å². The van der Waals surface area contributed by atoms with Gasteiger partial charge in [-0.1, -0.05) is 12.1 Å². The average molecular weight is 256 g/mol. The van der Waals surface area contributed by atoms with Gasteiger partial charge in [0.1, 0.15) is 5.82 Å². The van der Waals surface area contributed by atoms with Crippen LogP contribution in [0.15, 0.2) is 36.4 Å². The van der Waals surface area contributed by atoms with E-state index in [4.69, 9.17) is 5.73 Å². The normalized spacial score (nSPS) is 17.2. The fourth-order valence-electron chi connectivity index (χ4n) is 2.48. The summed E-state index contributed by atoms with van der Waals surface area (Å²) < 4.78 is 13.5. The molecule has 1 aliphatic rings. The highest BCUT2D eigenvalue weighted by atomic mass is 19.1. The Morgan fingerprint density at radius 1 is 1.26 bits per heavy atom. The van der Waals surface area contributed by atoms with Crippen LogP contribution in [0.4, 0.5) is 15.8 Å². The van der Waals surface area contributed by atoms with Gasteiger partial charge in [0, 0.05) is 11.3 Å². The van der Waals surface area contributed by atoms with Gasteiger partial charge in [-0.05, 0) is 42.3 Å². The molecule has 0 aliphatic carbocycles. The average Bonchev–Trinajstić information content (AvgIpc) is 2.47. The fourth-order valence-corrected chi connectivity index (χ4v) is 2.48. The van der Waals surface area contributed by atoms with Gasteiger partial charge in [0.25, 0.3) is 0 Å². The first-order valence-corrected chi connectivity index (χ1v) is 6.07. The van der Waals surface area contributed by atoms with E-state index in [-0.39, 0.29) is 17.6 Å². The minimum Gasteiger partial charge on any atom is -0.398 e. The van der Waals surface area contributed by atoms with Crippen LogP contribution in [0.2, 0.25) is 0 Å². The Bertz CT molecular complexity index is 682. The summed E-state index contributed by atoms with van der Waals surface area (Å²) in [6, 6.07) is 9.74. The smallest absolute Gasteiger partial charge is 0.231 e. The number of carbonyl (C=O) groups excluding carboxylic acids is 1. The molecule has 1 heterocycles. The van der Waals surface area contributed by atoms with Crippen molar-refractivity contribution in [2.24, 2.45) is 0 Å². The molecule has 3 nitrogen and oxygen atoms in total. The second-order valence-electron chi connectivity index (χ2n) is 4.71. The number of halogens is 1. The monoisotopic (exact) mass is 256 g/mol. The summed E-state index contributed by atoms with van der Waals surface area (Å²) in [6.07, 6.45) is 0. The van der Waals surface area contributed by atoms with Gasteiger partial charge in [0.15, 0.2) is 0 Å². The number of nitrogen functional groups attached to an aromatic ring is 1. The van der Waals surface area contributed by atoms with E-state index < -0.39 is 0 Å². The van der Waals surface area contributed by atoms with Crippen molar-refractivity contribution in [2.75, 3.05) is 11.1 Å². The predicted octanol–water partition coefficient (Wildman–Crippen LogP) is 3.13. The van der Waals surface area contributed by atoms with Crippen molar-refractivity contribution in [1.29, 1.82) is 0 Å². The van der Waals surface area contributed by atoms with E-state index in [0.717, 1.165) is 5.56 Å². The summed E-state index contributed by atoms with van der Waals surface area (Å²) in [7, 11) is 0. The number of nitrogens with one attached hydrogen (secondary N) is 1. The fraction of sp³-hybridized carbons (Fsp3) is 0.133. The second-order valence-corrected chi connectivity index (χ2v) is 4.71. The zero-order valence-electron chi connectivity index (χ0n) is 10.4. The molecule has 3 N–H and O–H groups in total. The molecule has 0 bridgehead atoms. The highest BCUT2D eigenvalue weighted by molar-refractivity contribution is 6.05. The molecule has 2 aromatic rings. The van der Waals surface area contributed by atoms with Crippen molar-refractivity contribution < 1.29 is 9.18 Å². The van der Waals surface area contributed by atoms with Crippen LogP contribution in [-0.4, -0.2) is 5.91 Å². The molecule has 0 radical (unpaired) electrons. The Morgan fingerprint density at radius 2 is 2.05 bits per heavy atom. The second kappa shape index (κ2) is 4.09. The van der Waals surface area contributed by atoms with Crippen LogP contribution >= 0.6 is 0 Å². The van der Waals surface area contributed by atoms with E-state index in [9.17, 15) is 9.18 Å². The van der Waals surface area contributed by atoms with Gasteiger partial charge in [-0.3, -0.25) is 4.79 Å². The number of benzene rings is 2. The summed E-state index contributed by atoms with van der Waals surface area (Å²) >= 11 is 0. The van der Waals surface area contributed by atoms with E-state index in [1.165, 1.54) is 12.1 Å². The number of carbonyl (C=O) groups is 1. The lowest BCUT2D eigenvalue weighted by molar-refractivity contribution is -0.117. The van der Waals surface area contributed by atoms with Crippen LogP contribution in [0.3, 0.4) is 0 Å². The SMILES string of the molecule is CC1C(=O)Nc2cccc(N)c2-c2cc(F)ccc21. The van der Waals surface area contributed by atoms with Gasteiger partial charge in [-0.15, -0.1) is 0 Å². The summed E-state index contributed by atoms with van der Waals surface area (Å²) in [6.45, 7) is 1.80. The Hall–Kier alpha value is -2.36. The van der Waals surface area contributed by atoms with Gasteiger partial charge >= 0.3 is 0 Å². The Kier molecular flexibility index (Phi) is 2.52. The number of anilines is 2. The van der Waals surface area contributed by atoms with Crippen molar-refractivity contribution in [2.45, 2.75) is 12.8 Å². The maximum absolute atomic E-state index is 13.5. The lowest BCUT2D eigenvalue weighted by atomic mass is 9.91. The molecule has 0 fully saturated rings. The topological polar surface area (TPSA) is 55.1 Å². The lowest BCUT2D eigenvalue weighted by Gasteiger charge is -2.12. The van der Waals surface area contributed by atoms with Crippen LogP contribution in [0.25, 0.3) is 11.1 Å². The zero-order valence-corrected chi connectivity index (χ0v) is 10.4. The quantitative estimate of drug-likeness (QED) is 0.711. The molecule has 96 valence electrons. The van der Waals surface area contributed by atoms with Crippen LogP contribution < -0.4 is 11.1 Å². The van der Waals surface area contributed by atoms with Gasteiger partial charge < -0.3 is 11.1 Å². The van der Waals surface area contributed by atoms with Gasteiger partial charge in [0.05, 0.1) is 11.6 Å². The molecule has 0 saturated carbocycles. The molecule has 19 heavy (non-hydrogen) atoms. The largest absolute Gasteiger partial charge is 0.398 e.